The van der Waals surface area contributed by atoms with E-state index in [0.29, 0.717) is 0 Å². The molecule has 0 saturated carbocycles. The van der Waals surface area contributed by atoms with Crippen LogP contribution in [0.5, 0.6) is 0 Å². The van der Waals surface area contributed by atoms with Gasteiger partial charge in [-0.25, -0.2) is 4.79 Å². The van der Waals surface area contributed by atoms with Crippen LogP contribution >= 0.6 is 0 Å². The molecule has 1 saturated heterocycles. The molecule has 3 N–H and O–H groups in total. The Bertz CT molecular complexity index is 896. The lowest BCUT2D eigenvalue weighted by Gasteiger charge is -2.27. The topological polar surface area (TPSA) is 91.1 Å². The Hall–Kier alpha value is -3.67. The number of urea groups is 1. The molecule has 0 spiro atoms. The Labute approximate surface area is 149 Å². The molecule has 2 heterocycles. The summed E-state index contributed by atoms with van der Waals surface area (Å²) in [7, 11) is 0. The normalized spacial score (nSPS) is 14.6. The minimum atomic E-state index is -1.14. The van der Waals surface area contributed by atoms with Gasteiger partial charge < -0.3 is 10.3 Å². The first kappa shape index (κ1) is 17.2. The Balaban J connectivity index is 0.000000236. The summed E-state index contributed by atoms with van der Waals surface area (Å²) in [6, 6.07) is 22.9. The summed E-state index contributed by atoms with van der Waals surface area (Å²) in [5.74, 6) is -0.352. The lowest BCUT2D eigenvalue weighted by molar-refractivity contribution is -0.122. The van der Waals surface area contributed by atoms with E-state index in [2.05, 4.69) is 15.6 Å². The number of pyridine rings is 1. The van der Waals surface area contributed by atoms with Gasteiger partial charge in [-0.05, 0) is 17.2 Å². The summed E-state index contributed by atoms with van der Waals surface area (Å²) in [4.78, 5) is 36.6. The van der Waals surface area contributed by atoms with Gasteiger partial charge in [0.2, 0.25) is 5.56 Å². The average molecular weight is 347 g/mol. The van der Waals surface area contributed by atoms with Crippen molar-refractivity contribution in [3.8, 4) is 0 Å². The smallest absolute Gasteiger partial charge is 0.322 e. The highest BCUT2D eigenvalue weighted by atomic mass is 16.2. The number of imide groups is 1. The quantitative estimate of drug-likeness (QED) is 0.620. The fourth-order valence-corrected chi connectivity index (χ4v) is 2.78. The zero-order valence-corrected chi connectivity index (χ0v) is 13.8. The van der Waals surface area contributed by atoms with E-state index in [1.54, 1.807) is 18.3 Å². The van der Waals surface area contributed by atoms with Gasteiger partial charge >= 0.3 is 6.03 Å². The van der Waals surface area contributed by atoms with Crippen molar-refractivity contribution in [1.82, 2.24) is 15.6 Å². The van der Waals surface area contributed by atoms with Crippen molar-refractivity contribution >= 4 is 11.9 Å². The highest BCUT2D eigenvalue weighted by molar-refractivity contribution is 6.09. The van der Waals surface area contributed by atoms with Crippen LogP contribution in [0.25, 0.3) is 0 Å². The third kappa shape index (κ3) is 3.39. The average Bonchev–Trinajstić information content (AvgIpc) is 2.99. The number of hydrogen-bond donors (Lipinski definition) is 3. The van der Waals surface area contributed by atoms with Gasteiger partial charge in [-0.3, -0.25) is 14.9 Å². The molecular formula is C20H17N3O3. The van der Waals surface area contributed by atoms with E-state index in [4.69, 9.17) is 0 Å². The number of hydrogen-bond acceptors (Lipinski definition) is 3. The van der Waals surface area contributed by atoms with Crippen molar-refractivity contribution in [3.63, 3.8) is 0 Å². The summed E-state index contributed by atoms with van der Waals surface area (Å²) in [5.41, 5.74) is 0.288. The molecular weight excluding hydrogens is 330 g/mol. The largest absolute Gasteiger partial charge is 0.329 e. The van der Waals surface area contributed by atoms with Crippen LogP contribution < -0.4 is 16.2 Å². The molecule has 1 fully saturated rings. The van der Waals surface area contributed by atoms with Gasteiger partial charge in [-0.15, -0.1) is 0 Å². The van der Waals surface area contributed by atoms with Crippen molar-refractivity contribution in [2.45, 2.75) is 5.54 Å². The predicted molar refractivity (Wildman–Crippen MR) is 97.4 cm³/mol. The third-order valence-electron chi connectivity index (χ3n) is 3.96. The van der Waals surface area contributed by atoms with Crippen LogP contribution in [0, 0.1) is 0 Å². The second-order valence-electron chi connectivity index (χ2n) is 5.62. The van der Waals surface area contributed by atoms with Crippen molar-refractivity contribution in [1.29, 1.82) is 0 Å². The second-order valence-corrected chi connectivity index (χ2v) is 5.62. The maximum Gasteiger partial charge on any atom is 0.322 e. The molecule has 0 bridgehead atoms. The Morgan fingerprint density at radius 2 is 1.19 bits per heavy atom. The molecule has 130 valence electrons. The molecule has 4 rings (SSSR count). The molecule has 1 aliphatic heterocycles. The van der Waals surface area contributed by atoms with E-state index in [1.807, 2.05) is 60.7 Å². The monoisotopic (exact) mass is 347 g/mol. The first-order chi connectivity index (χ1) is 12.6. The van der Waals surface area contributed by atoms with Gasteiger partial charge in [0, 0.05) is 12.3 Å². The SMILES string of the molecule is O=C1NC(=O)C(c2ccccc2)(c2ccccc2)N1.O=c1cccc[nH]1. The number of benzene rings is 2. The highest BCUT2D eigenvalue weighted by Crippen LogP contribution is 2.32. The van der Waals surface area contributed by atoms with Crippen LogP contribution in [0.3, 0.4) is 0 Å². The molecule has 0 radical (unpaired) electrons. The lowest BCUT2D eigenvalue weighted by Crippen LogP contribution is -2.44. The van der Waals surface area contributed by atoms with Crippen molar-refractivity contribution in [2.24, 2.45) is 0 Å². The third-order valence-corrected chi connectivity index (χ3v) is 3.96. The summed E-state index contributed by atoms with van der Waals surface area (Å²) >= 11 is 0. The first-order valence-electron chi connectivity index (χ1n) is 8.01. The number of aromatic nitrogens is 1. The zero-order chi connectivity index (χ0) is 18.4. The zero-order valence-electron chi connectivity index (χ0n) is 13.8. The van der Waals surface area contributed by atoms with E-state index >= 15 is 0 Å². The predicted octanol–water partition coefficient (Wildman–Crippen LogP) is 2.14. The van der Waals surface area contributed by atoms with E-state index in [-0.39, 0.29) is 11.5 Å². The minimum absolute atomic E-state index is 0.0532. The molecule has 0 unspecified atom stereocenters. The summed E-state index contributed by atoms with van der Waals surface area (Å²) in [5, 5.41) is 5.07. The van der Waals surface area contributed by atoms with E-state index < -0.39 is 11.6 Å². The maximum atomic E-state index is 12.3. The number of carbonyl (C=O) groups is 2. The van der Waals surface area contributed by atoms with Crippen LogP contribution in [0.15, 0.2) is 89.9 Å². The molecule has 3 amide bonds. The molecule has 0 aliphatic carbocycles. The summed E-state index contributed by atoms with van der Waals surface area (Å²) < 4.78 is 0. The van der Waals surface area contributed by atoms with E-state index in [9.17, 15) is 14.4 Å². The Kier molecular flexibility index (Phi) is 4.94. The number of aromatic amines is 1. The molecule has 1 aliphatic rings. The fraction of sp³-hybridized carbons (Fsp3) is 0.0500. The Morgan fingerprint density at radius 3 is 1.54 bits per heavy atom. The molecule has 0 atom stereocenters. The van der Waals surface area contributed by atoms with Crippen molar-refractivity contribution in [2.75, 3.05) is 0 Å². The number of amides is 3. The molecule has 2 aromatic carbocycles. The van der Waals surface area contributed by atoms with Gasteiger partial charge in [0.25, 0.3) is 5.91 Å². The number of H-pyrrole nitrogens is 1. The first-order valence-corrected chi connectivity index (χ1v) is 8.01. The molecule has 26 heavy (non-hydrogen) atoms. The minimum Gasteiger partial charge on any atom is -0.329 e. The van der Waals surface area contributed by atoms with Crippen LogP contribution in [0.4, 0.5) is 4.79 Å². The molecule has 6 nitrogen and oxygen atoms in total. The van der Waals surface area contributed by atoms with Gasteiger partial charge in [0.15, 0.2) is 5.54 Å². The van der Waals surface area contributed by atoms with Crippen LogP contribution in [-0.4, -0.2) is 16.9 Å². The highest BCUT2D eigenvalue weighted by Gasteiger charge is 2.48. The number of rotatable bonds is 2. The fourth-order valence-electron chi connectivity index (χ4n) is 2.78. The van der Waals surface area contributed by atoms with Crippen LogP contribution in [0.1, 0.15) is 11.1 Å². The molecule has 3 aromatic rings. The number of nitrogens with one attached hydrogen (secondary N) is 3. The maximum absolute atomic E-state index is 12.3. The molecule has 6 heteroatoms. The van der Waals surface area contributed by atoms with Gasteiger partial charge in [-0.2, -0.15) is 0 Å². The van der Waals surface area contributed by atoms with Gasteiger partial charge in [-0.1, -0.05) is 66.7 Å². The summed E-state index contributed by atoms with van der Waals surface area (Å²) in [6.07, 6.45) is 1.60. The van der Waals surface area contributed by atoms with Gasteiger partial charge in [0.05, 0.1) is 0 Å². The van der Waals surface area contributed by atoms with Crippen LogP contribution in [0.2, 0.25) is 0 Å². The second kappa shape index (κ2) is 7.48. The van der Waals surface area contributed by atoms with Gasteiger partial charge in [0.1, 0.15) is 0 Å². The standard InChI is InChI=1S/C15H12N2O2.C5H5NO/c18-13-15(17-14(19)16-13,11-7-3-1-4-8-11)12-9-5-2-6-10-12;7-5-3-1-2-4-6-5/h1-10H,(H2,16,17,18,19);1-4H,(H,6,7). The number of carbonyl (C=O) groups excluding carboxylic acids is 2. The van der Waals surface area contributed by atoms with E-state index in [0.717, 1.165) is 11.1 Å². The van der Waals surface area contributed by atoms with E-state index in [1.165, 1.54) is 6.07 Å². The summed E-state index contributed by atoms with van der Waals surface area (Å²) in [6.45, 7) is 0. The lowest BCUT2D eigenvalue weighted by atomic mass is 9.83. The Morgan fingerprint density at radius 1 is 0.654 bits per heavy atom. The van der Waals surface area contributed by atoms with Crippen LogP contribution in [-0.2, 0) is 10.3 Å². The van der Waals surface area contributed by atoms with Crippen molar-refractivity contribution < 1.29 is 9.59 Å². The molecule has 1 aromatic heterocycles. The van der Waals surface area contributed by atoms with Crippen molar-refractivity contribution in [3.05, 3.63) is 107 Å².